The van der Waals surface area contributed by atoms with Gasteiger partial charge < -0.3 is 10.1 Å². The van der Waals surface area contributed by atoms with Crippen LogP contribution in [0.2, 0.25) is 5.02 Å². The topological polar surface area (TPSA) is 73.2 Å². The van der Waals surface area contributed by atoms with E-state index >= 15 is 0 Å². The molecule has 0 fully saturated rings. The normalized spacial score (nSPS) is 10.6. The molecular weight excluding hydrogens is 342 g/mol. The lowest BCUT2D eigenvalue weighted by Crippen LogP contribution is -2.18. The molecule has 0 unspecified atom stereocenters. The molecule has 1 amide bonds. The van der Waals surface area contributed by atoms with Gasteiger partial charge in [0.25, 0.3) is 0 Å². The highest BCUT2D eigenvalue weighted by molar-refractivity contribution is 6.32. The Morgan fingerprint density at radius 2 is 2.04 bits per heavy atom. The van der Waals surface area contributed by atoms with Gasteiger partial charge in [-0.3, -0.25) is 14.3 Å². The van der Waals surface area contributed by atoms with Crippen LogP contribution in [-0.2, 0) is 11.3 Å². The van der Waals surface area contributed by atoms with Crippen molar-refractivity contribution in [1.29, 1.82) is 0 Å². The number of carbonyl (C=O) groups excluding carboxylic acids is 1. The van der Waals surface area contributed by atoms with Gasteiger partial charge in [-0.05, 0) is 24.3 Å². The number of nitrogens with one attached hydrogen (secondary N) is 1. The monoisotopic (exact) mass is 357 g/mol. The van der Waals surface area contributed by atoms with E-state index in [1.807, 2.05) is 12.1 Å². The third-order valence-corrected chi connectivity index (χ3v) is 4.06. The first kappa shape index (κ1) is 17.0. The summed E-state index contributed by atoms with van der Waals surface area (Å²) in [4.78, 5) is 24.1. The molecule has 2 aromatic carbocycles. The number of halogens is 1. The minimum absolute atomic E-state index is 0.139. The van der Waals surface area contributed by atoms with Crippen LogP contribution in [-0.4, -0.2) is 22.8 Å². The molecular formula is C18H16ClN3O3. The summed E-state index contributed by atoms with van der Waals surface area (Å²) >= 11 is 6.05. The van der Waals surface area contributed by atoms with E-state index in [1.165, 1.54) is 13.3 Å². The zero-order valence-electron chi connectivity index (χ0n) is 13.5. The number of rotatable bonds is 5. The van der Waals surface area contributed by atoms with Crippen LogP contribution in [0.5, 0.6) is 5.75 Å². The van der Waals surface area contributed by atoms with E-state index < -0.39 is 0 Å². The quantitative estimate of drug-likeness (QED) is 0.761. The number of aryl methyl sites for hydroxylation is 1. The Labute approximate surface area is 149 Å². The van der Waals surface area contributed by atoms with Crippen molar-refractivity contribution < 1.29 is 9.53 Å². The molecule has 1 N–H and O–H groups in total. The Morgan fingerprint density at radius 1 is 1.24 bits per heavy atom. The Bertz CT molecular complexity index is 985. The van der Waals surface area contributed by atoms with E-state index in [1.54, 1.807) is 35.0 Å². The van der Waals surface area contributed by atoms with E-state index in [2.05, 4.69) is 10.4 Å². The third-order valence-electron chi connectivity index (χ3n) is 3.76. The van der Waals surface area contributed by atoms with Crippen molar-refractivity contribution in [3.63, 3.8) is 0 Å². The molecule has 0 atom stereocenters. The van der Waals surface area contributed by atoms with Gasteiger partial charge in [0.2, 0.25) is 11.3 Å². The van der Waals surface area contributed by atoms with Gasteiger partial charge >= 0.3 is 0 Å². The first-order chi connectivity index (χ1) is 12.1. The van der Waals surface area contributed by atoms with Crippen LogP contribution in [0.4, 0.5) is 5.69 Å². The lowest BCUT2D eigenvalue weighted by molar-refractivity contribution is -0.116. The van der Waals surface area contributed by atoms with Gasteiger partial charge in [0.15, 0.2) is 5.75 Å². The molecule has 1 aromatic heterocycles. The number of hydrogen-bond donors (Lipinski definition) is 1. The number of hydrogen-bond acceptors (Lipinski definition) is 4. The van der Waals surface area contributed by atoms with Crippen molar-refractivity contribution in [3.05, 3.63) is 63.9 Å². The Hall–Kier alpha value is -2.86. The van der Waals surface area contributed by atoms with Crippen LogP contribution < -0.4 is 15.5 Å². The summed E-state index contributed by atoms with van der Waals surface area (Å²) in [6, 6.07) is 12.3. The molecule has 0 aliphatic heterocycles. The van der Waals surface area contributed by atoms with Crippen LogP contribution in [0, 0.1) is 0 Å². The highest BCUT2D eigenvalue weighted by atomic mass is 35.5. The Morgan fingerprint density at radius 3 is 2.84 bits per heavy atom. The maximum Gasteiger partial charge on any atom is 0.226 e. The summed E-state index contributed by atoms with van der Waals surface area (Å²) < 4.78 is 6.86. The number of methoxy groups -OCH3 is 1. The minimum Gasteiger partial charge on any atom is -0.493 e. The predicted molar refractivity (Wildman–Crippen MR) is 97.3 cm³/mol. The summed E-state index contributed by atoms with van der Waals surface area (Å²) in [5.41, 5.74) is 1.07. The highest BCUT2D eigenvalue weighted by Crippen LogP contribution is 2.32. The van der Waals surface area contributed by atoms with Gasteiger partial charge in [-0.2, -0.15) is 5.10 Å². The SMILES string of the molecule is COc1c(Cl)cccc1NC(=O)CCn1ncc(=O)c2ccccc21. The van der Waals surface area contributed by atoms with Gasteiger partial charge in [0.05, 0.1) is 36.1 Å². The molecule has 3 rings (SSSR count). The number of nitrogens with zero attached hydrogens (tertiary/aromatic N) is 2. The van der Waals surface area contributed by atoms with Gasteiger partial charge in [0, 0.05) is 11.8 Å². The summed E-state index contributed by atoms with van der Waals surface area (Å²) in [6.07, 6.45) is 1.45. The molecule has 0 aliphatic rings. The second-order valence-corrected chi connectivity index (χ2v) is 5.78. The molecule has 0 bridgehead atoms. The van der Waals surface area contributed by atoms with Crippen LogP contribution in [0.1, 0.15) is 6.42 Å². The van der Waals surface area contributed by atoms with Crippen molar-refractivity contribution in [3.8, 4) is 5.75 Å². The van der Waals surface area contributed by atoms with Gasteiger partial charge in [0.1, 0.15) is 0 Å². The van der Waals surface area contributed by atoms with Crippen molar-refractivity contribution in [1.82, 2.24) is 9.78 Å². The number of fused-ring (bicyclic) bond motifs is 1. The lowest BCUT2D eigenvalue weighted by Gasteiger charge is -2.12. The molecule has 0 aliphatic carbocycles. The van der Waals surface area contributed by atoms with E-state index in [-0.39, 0.29) is 17.8 Å². The predicted octanol–water partition coefficient (Wildman–Crippen LogP) is 3.09. The molecule has 6 nitrogen and oxygen atoms in total. The molecule has 25 heavy (non-hydrogen) atoms. The minimum atomic E-state index is -0.204. The fourth-order valence-corrected chi connectivity index (χ4v) is 2.83. The smallest absolute Gasteiger partial charge is 0.226 e. The van der Waals surface area contributed by atoms with E-state index in [0.717, 1.165) is 0 Å². The number of carbonyl (C=O) groups is 1. The van der Waals surface area contributed by atoms with E-state index in [0.29, 0.717) is 33.9 Å². The Balaban J connectivity index is 1.75. The first-order valence-electron chi connectivity index (χ1n) is 7.67. The zero-order valence-corrected chi connectivity index (χ0v) is 14.3. The maximum atomic E-state index is 12.3. The molecule has 0 radical (unpaired) electrons. The van der Waals surface area contributed by atoms with Crippen molar-refractivity contribution in [2.75, 3.05) is 12.4 Å². The highest BCUT2D eigenvalue weighted by Gasteiger charge is 2.11. The zero-order chi connectivity index (χ0) is 17.8. The average molecular weight is 358 g/mol. The maximum absolute atomic E-state index is 12.3. The second kappa shape index (κ2) is 7.36. The summed E-state index contributed by atoms with van der Waals surface area (Å²) in [6.45, 7) is 0.343. The molecule has 3 aromatic rings. The number of aromatic nitrogens is 2. The standard InChI is InChI=1S/C18H16ClN3O3/c1-25-18-13(19)6-4-7-14(18)21-17(24)9-10-22-15-8-3-2-5-12(15)16(23)11-20-22/h2-8,11H,9-10H2,1H3,(H,21,24). The molecule has 1 heterocycles. The first-order valence-corrected chi connectivity index (χ1v) is 8.05. The van der Waals surface area contributed by atoms with Gasteiger partial charge in [-0.15, -0.1) is 0 Å². The number of para-hydroxylation sites is 2. The number of ether oxygens (including phenoxy) is 1. The largest absolute Gasteiger partial charge is 0.493 e. The number of benzene rings is 2. The fraction of sp³-hybridized carbons (Fsp3) is 0.167. The van der Waals surface area contributed by atoms with Crippen LogP contribution in [0.15, 0.2) is 53.5 Å². The molecule has 7 heteroatoms. The molecule has 0 saturated heterocycles. The van der Waals surface area contributed by atoms with Gasteiger partial charge in [-0.25, -0.2) is 0 Å². The third kappa shape index (κ3) is 3.64. The van der Waals surface area contributed by atoms with Crippen molar-refractivity contribution in [2.24, 2.45) is 0 Å². The van der Waals surface area contributed by atoms with Crippen LogP contribution in [0.25, 0.3) is 10.9 Å². The van der Waals surface area contributed by atoms with Gasteiger partial charge in [-0.1, -0.05) is 29.8 Å². The number of anilines is 1. The van der Waals surface area contributed by atoms with Crippen molar-refractivity contribution in [2.45, 2.75) is 13.0 Å². The summed E-state index contributed by atoms with van der Waals surface area (Å²) in [5, 5.41) is 7.89. The summed E-state index contributed by atoms with van der Waals surface area (Å²) in [7, 11) is 1.49. The molecule has 0 saturated carbocycles. The fourth-order valence-electron chi connectivity index (χ4n) is 2.57. The second-order valence-electron chi connectivity index (χ2n) is 5.37. The van der Waals surface area contributed by atoms with E-state index in [9.17, 15) is 9.59 Å². The molecule has 128 valence electrons. The van der Waals surface area contributed by atoms with Crippen molar-refractivity contribution >= 4 is 34.1 Å². The van der Waals surface area contributed by atoms with E-state index in [4.69, 9.17) is 16.3 Å². The molecule has 0 spiro atoms. The van der Waals surface area contributed by atoms with Crippen LogP contribution >= 0.6 is 11.6 Å². The Kier molecular flexibility index (Phi) is 5.00. The lowest BCUT2D eigenvalue weighted by atomic mass is 10.2. The average Bonchev–Trinajstić information content (AvgIpc) is 2.62. The summed E-state index contributed by atoms with van der Waals surface area (Å²) in [5.74, 6) is 0.217. The van der Waals surface area contributed by atoms with Crippen LogP contribution in [0.3, 0.4) is 0 Å². The number of amides is 1.